The number of aromatic amines is 1. The summed E-state index contributed by atoms with van der Waals surface area (Å²) in [6.45, 7) is 2.53. The van der Waals surface area contributed by atoms with Crippen LogP contribution in [0.4, 0.5) is 0 Å². The van der Waals surface area contributed by atoms with Crippen LogP contribution in [0.5, 0.6) is 5.75 Å². The van der Waals surface area contributed by atoms with Crippen molar-refractivity contribution in [2.45, 2.75) is 20.0 Å². The molecular formula is C18H17BrN4OS. The van der Waals surface area contributed by atoms with Crippen LogP contribution in [-0.4, -0.2) is 21.1 Å². The number of benzene rings is 2. The molecule has 0 saturated heterocycles. The number of aryl methyl sites for hydroxylation is 1. The van der Waals surface area contributed by atoms with E-state index in [4.69, 9.17) is 17.0 Å². The fourth-order valence-electron chi connectivity index (χ4n) is 2.25. The molecular weight excluding hydrogens is 400 g/mol. The summed E-state index contributed by atoms with van der Waals surface area (Å²) in [6, 6.07) is 15.9. The third kappa shape index (κ3) is 4.43. The number of H-pyrrole nitrogens is 1. The van der Waals surface area contributed by atoms with Crippen LogP contribution in [0, 0.1) is 4.77 Å². The Morgan fingerprint density at radius 1 is 1.28 bits per heavy atom. The Balaban J connectivity index is 1.72. The van der Waals surface area contributed by atoms with Gasteiger partial charge in [-0.05, 0) is 57.5 Å². The summed E-state index contributed by atoms with van der Waals surface area (Å²) < 4.78 is 8.84. The zero-order valence-corrected chi connectivity index (χ0v) is 16.0. The van der Waals surface area contributed by atoms with Crippen molar-refractivity contribution in [1.29, 1.82) is 0 Å². The lowest BCUT2D eigenvalue weighted by molar-refractivity contribution is 0.304. The zero-order chi connectivity index (χ0) is 17.6. The number of halogens is 1. The minimum atomic E-state index is 0.481. The molecule has 0 fully saturated rings. The maximum absolute atomic E-state index is 5.86. The summed E-state index contributed by atoms with van der Waals surface area (Å²) in [5, 5.41) is 11.3. The first-order chi connectivity index (χ1) is 12.2. The predicted molar refractivity (Wildman–Crippen MR) is 105 cm³/mol. The van der Waals surface area contributed by atoms with E-state index in [-0.39, 0.29) is 0 Å². The predicted octanol–water partition coefficient (Wildman–Crippen LogP) is 4.73. The number of nitrogens with zero attached hydrogens (tertiary/aromatic N) is 3. The zero-order valence-electron chi connectivity index (χ0n) is 13.6. The maximum Gasteiger partial charge on any atom is 0.216 e. The first kappa shape index (κ1) is 17.6. The van der Waals surface area contributed by atoms with E-state index >= 15 is 0 Å². The van der Waals surface area contributed by atoms with E-state index in [1.165, 1.54) is 0 Å². The summed E-state index contributed by atoms with van der Waals surface area (Å²) >= 11 is 8.73. The van der Waals surface area contributed by atoms with E-state index in [0.717, 1.165) is 33.6 Å². The van der Waals surface area contributed by atoms with Crippen molar-refractivity contribution in [1.82, 2.24) is 14.9 Å². The first-order valence-electron chi connectivity index (χ1n) is 7.84. The van der Waals surface area contributed by atoms with Gasteiger partial charge in [0, 0.05) is 6.42 Å². The average molecular weight is 417 g/mol. The van der Waals surface area contributed by atoms with Gasteiger partial charge in [0.15, 0.2) is 5.82 Å². The lowest BCUT2D eigenvalue weighted by Crippen LogP contribution is -1.98. The lowest BCUT2D eigenvalue weighted by atomic mass is 10.2. The van der Waals surface area contributed by atoms with Crippen LogP contribution < -0.4 is 4.74 Å². The molecule has 1 N–H and O–H groups in total. The summed E-state index contributed by atoms with van der Waals surface area (Å²) in [4.78, 5) is 0. The maximum atomic E-state index is 5.86. The molecule has 3 aromatic rings. The third-order valence-electron chi connectivity index (χ3n) is 3.55. The van der Waals surface area contributed by atoms with Gasteiger partial charge in [-0.15, -0.1) is 0 Å². The van der Waals surface area contributed by atoms with E-state index < -0.39 is 0 Å². The molecule has 1 heterocycles. The van der Waals surface area contributed by atoms with Crippen molar-refractivity contribution in [3.63, 3.8) is 0 Å². The molecule has 5 nitrogen and oxygen atoms in total. The first-order valence-corrected chi connectivity index (χ1v) is 9.04. The lowest BCUT2D eigenvalue weighted by Gasteiger charge is -2.08. The molecule has 128 valence electrons. The van der Waals surface area contributed by atoms with E-state index in [1.54, 1.807) is 10.9 Å². The minimum Gasteiger partial charge on any atom is -0.488 e. The van der Waals surface area contributed by atoms with Gasteiger partial charge in [0.1, 0.15) is 12.4 Å². The van der Waals surface area contributed by atoms with Gasteiger partial charge in [-0.25, -0.2) is 0 Å². The highest BCUT2D eigenvalue weighted by molar-refractivity contribution is 9.10. The minimum absolute atomic E-state index is 0.481. The molecule has 0 unspecified atom stereocenters. The van der Waals surface area contributed by atoms with Crippen LogP contribution in [0.15, 0.2) is 58.1 Å². The molecule has 0 radical (unpaired) electrons. The van der Waals surface area contributed by atoms with E-state index in [9.17, 15) is 0 Å². The second kappa shape index (κ2) is 8.22. The smallest absolute Gasteiger partial charge is 0.216 e. The highest BCUT2D eigenvalue weighted by atomic mass is 79.9. The van der Waals surface area contributed by atoms with Crippen molar-refractivity contribution in [2.75, 3.05) is 0 Å². The summed E-state index contributed by atoms with van der Waals surface area (Å²) in [6.07, 6.45) is 2.50. The second-order valence-electron chi connectivity index (χ2n) is 5.32. The second-order valence-corrected chi connectivity index (χ2v) is 6.56. The van der Waals surface area contributed by atoms with Crippen LogP contribution in [0.2, 0.25) is 0 Å². The Bertz CT molecular complexity index is 934. The van der Waals surface area contributed by atoms with Gasteiger partial charge in [-0.1, -0.05) is 37.3 Å². The standard InChI is InChI=1S/C18H17BrN4OS/c1-2-17-21-22-18(25)23(17)20-11-14-8-9-16(15(19)10-14)24-12-13-6-4-3-5-7-13/h3-11H,2,12H2,1H3,(H,22,25)/b20-11-. The summed E-state index contributed by atoms with van der Waals surface area (Å²) in [7, 11) is 0. The Morgan fingerprint density at radius 2 is 2.08 bits per heavy atom. The Morgan fingerprint density at radius 3 is 2.80 bits per heavy atom. The number of hydrogen-bond acceptors (Lipinski definition) is 4. The summed E-state index contributed by atoms with van der Waals surface area (Å²) in [5.41, 5.74) is 2.06. The number of hydrogen-bond donors (Lipinski definition) is 1. The molecule has 0 aliphatic rings. The van der Waals surface area contributed by atoms with Gasteiger partial charge in [-0.2, -0.15) is 14.9 Å². The van der Waals surface area contributed by atoms with Crippen LogP contribution in [0.1, 0.15) is 23.9 Å². The highest BCUT2D eigenvalue weighted by Gasteiger charge is 2.04. The normalized spacial score (nSPS) is 11.1. The van der Waals surface area contributed by atoms with E-state index in [2.05, 4.69) is 31.2 Å². The molecule has 1 aromatic heterocycles. The van der Waals surface area contributed by atoms with Crippen molar-refractivity contribution in [3.05, 3.63) is 74.7 Å². The Labute approximate surface area is 159 Å². The quantitative estimate of drug-likeness (QED) is 0.466. The number of rotatable bonds is 6. The SMILES string of the molecule is CCc1n[nH]c(=S)n1/N=C\c1ccc(OCc2ccccc2)c(Br)c1. The molecule has 0 atom stereocenters. The monoisotopic (exact) mass is 416 g/mol. The van der Waals surface area contributed by atoms with Crippen molar-refractivity contribution >= 4 is 34.4 Å². The average Bonchev–Trinajstić information content (AvgIpc) is 3.00. The Kier molecular flexibility index (Phi) is 5.78. The number of ether oxygens (including phenoxy) is 1. The highest BCUT2D eigenvalue weighted by Crippen LogP contribution is 2.26. The molecule has 0 spiro atoms. The van der Waals surface area contributed by atoms with Crippen LogP contribution in [0.25, 0.3) is 0 Å². The van der Waals surface area contributed by atoms with E-state index in [1.807, 2.05) is 55.5 Å². The van der Waals surface area contributed by atoms with Crippen molar-refractivity contribution in [3.8, 4) is 5.75 Å². The van der Waals surface area contributed by atoms with Gasteiger partial charge < -0.3 is 4.74 Å². The van der Waals surface area contributed by atoms with Gasteiger partial charge in [-0.3, -0.25) is 5.10 Å². The molecule has 0 aliphatic heterocycles. The molecule has 3 rings (SSSR count). The van der Waals surface area contributed by atoms with Crippen LogP contribution >= 0.6 is 28.1 Å². The molecule has 2 aromatic carbocycles. The van der Waals surface area contributed by atoms with Gasteiger partial charge in [0.05, 0.1) is 10.7 Å². The summed E-state index contributed by atoms with van der Waals surface area (Å²) in [5.74, 6) is 1.58. The topological polar surface area (TPSA) is 55.2 Å². The molecule has 0 amide bonds. The number of nitrogens with one attached hydrogen (secondary N) is 1. The molecule has 7 heteroatoms. The van der Waals surface area contributed by atoms with Crippen molar-refractivity contribution in [2.24, 2.45) is 5.10 Å². The fourth-order valence-corrected chi connectivity index (χ4v) is 2.96. The van der Waals surface area contributed by atoms with Crippen molar-refractivity contribution < 1.29 is 4.74 Å². The largest absolute Gasteiger partial charge is 0.488 e. The third-order valence-corrected chi connectivity index (χ3v) is 4.43. The van der Waals surface area contributed by atoms with Crippen LogP contribution in [0.3, 0.4) is 0 Å². The number of aromatic nitrogens is 3. The fraction of sp³-hybridized carbons (Fsp3) is 0.167. The van der Waals surface area contributed by atoms with E-state index in [0.29, 0.717) is 11.4 Å². The van der Waals surface area contributed by atoms with Crippen LogP contribution in [-0.2, 0) is 13.0 Å². The van der Waals surface area contributed by atoms with Gasteiger partial charge in [0.2, 0.25) is 4.77 Å². The molecule has 0 bridgehead atoms. The molecule has 0 aliphatic carbocycles. The van der Waals surface area contributed by atoms with Gasteiger partial charge >= 0.3 is 0 Å². The molecule has 0 saturated carbocycles. The van der Waals surface area contributed by atoms with Gasteiger partial charge in [0.25, 0.3) is 0 Å². The Hall–Kier alpha value is -2.25. The molecule has 25 heavy (non-hydrogen) atoms.